The summed E-state index contributed by atoms with van der Waals surface area (Å²) in [5.74, 6) is 0. The van der Waals surface area contributed by atoms with E-state index in [1.807, 2.05) is 16.5 Å². The van der Waals surface area contributed by atoms with Crippen LogP contribution in [0.4, 0.5) is 0 Å². The van der Waals surface area contributed by atoms with Crippen LogP contribution in [0.15, 0.2) is 24.5 Å². The van der Waals surface area contributed by atoms with E-state index in [9.17, 15) is 0 Å². The van der Waals surface area contributed by atoms with Gasteiger partial charge in [0.1, 0.15) is 5.15 Å². The van der Waals surface area contributed by atoms with E-state index in [-0.39, 0.29) is 21.1 Å². The van der Waals surface area contributed by atoms with Crippen LogP contribution in [0.2, 0.25) is 5.15 Å². The maximum Gasteiger partial charge on any atom is 0.128 e. The summed E-state index contributed by atoms with van der Waals surface area (Å²) in [5, 5.41) is 2.57. The summed E-state index contributed by atoms with van der Waals surface area (Å²) in [6, 6.07) is 6.71. The smallest absolute Gasteiger partial charge is 0.128 e. The van der Waals surface area contributed by atoms with E-state index in [1.165, 1.54) is 0 Å². The van der Waals surface area contributed by atoms with Gasteiger partial charge in [-0.3, -0.25) is 4.98 Å². The minimum Gasteiger partial charge on any atom is -0.325 e. The molecule has 1 atom stereocenters. The number of pyridine rings is 2. The molecule has 0 amide bonds. The molecule has 0 saturated heterocycles. The van der Waals surface area contributed by atoms with Gasteiger partial charge in [-0.1, -0.05) is 23.2 Å². The molecular weight excluding hydrogens is 412 g/mol. The zero-order chi connectivity index (χ0) is 10.4. The van der Waals surface area contributed by atoms with Gasteiger partial charge in [0.25, 0.3) is 0 Å². The first-order chi connectivity index (χ1) is 7.27. The summed E-state index contributed by atoms with van der Waals surface area (Å²) in [5.41, 5.74) is 1.88. The van der Waals surface area contributed by atoms with Crippen molar-refractivity contribution in [3.8, 4) is 0 Å². The van der Waals surface area contributed by atoms with Gasteiger partial charge in [-0.25, -0.2) is 17.1 Å². The Hall–Kier alpha value is -0.492. The predicted octanol–water partition coefficient (Wildman–Crippen LogP) is 2.67. The summed E-state index contributed by atoms with van der Waals surface area (Å²) >= 11 is 5.87. The molecule has 3 rings (SSSR count). The SMILES string of the molecule is Pn1c2cnc(Cl)cc2c2c[c-]cnc21.[W]. The van der Waals surface area contributed by atoms with E-state index < -0.39 is 0 Å². The van der Waals surface area contributed by atoms with Crippen LogP contribution in [0.5, 0.6) is 0 Å². The summed E-state index contributed by atoms with van der Waals surface area (Å²) in [6.45, 7) is 0. The Labute approximate surface area is 114 Å². The topological polar surface area (TPSA) is 30.7 Å². The zero-order valence-electron chi connectivity index (χ0n) is 8.01. The van der Waals surface area contributed by atoms with Gasteiger partial charge in [-0.15, -0.1) is 5.39 Å². The summed E-state index contributed by atoms with van der Waals surface area (Å²) < 4.78 is 1.92. The maximum atomic E-state index is 5.87. The molecule has 16 heavy (non-hydrogen) atoms. The van der Waals surface area contributed by atoms with Crippen LogP contribution in [0, 0.1) is 6.07 Å². The van der Waals surface area contributed by atoms with Gasteiger partial charge >= 0.3 is 0 Å². The van der Waals surface area contributed by atoms with E-state index in [0.29, 0.717) is 5.15 Å². The van der Waals surface area contributed by atoms with E-state index in [1.54, 1.807) is 12.4 Å². The normalized spacial score (nSPS) is 10.6. The summed E-state index contributed by atoms with van der Waals surface area (Å²) in [6.07, 6.45) is 3.39. The molecule has 0 bridgehead atoms. The Morgan fingerprint density at radius 3 is 2.94 bits per heavy atom. The molecule has 3 heterocycles. The van der Waals surface area contributed by atoms with Crippen molar-refractivity contribution in [2.45, 2.75) is 0 Å². The van der Waals surface area contributed by atoms with Crippen LogP contribution >= 0.6 is 21.0 Å². The van der Waals surface area contributed by atoms with Gasteiger partial charge in [0, 0.05) is 21.1 Å². The van der Waals surface area contributed by atoms with Crippen molar-refractivity contribution in [3.63, 3.8) is 0 Å². The number of rotatable bonds is 0. The summed E-state index contributed by atoms with van der Waals surface area (Å²) in [7, 11) is 2.62. The Morgan fingerprint density at radius 2 is 2.12 bits per heavy atom. The fourth-order valence-electron chi connectivity index (χ4n) is 1.69. The molecule has 0 fully saturated rings. The Kier molecular flexibility index (Phi) is 3.30. The second kappa shape index (κ2) is 4.41. The third-order valence-electron chi connectivity index (χ3n) is 2.36. The average molecular weight is 418 g/mol. The molecule has 3 nitrogen and oxygen atoms in total. The van der Waals surface area contributed by atoms with Crippen LogP contribution < -0.4 is 0 Å². The molecule has 0 aliphatic rings. The molecule has 3 aromatic heterocycles. The van der Waals surface area contributed by atoms with Crippen molar-refractivity contribution in [2.75, 3.05) is 0 Å². The number of halogens is 1. The van der Waals surface area contributed by atoms with Gasteiger partial charge < -0.3 is 4.34 Å². The van der Waals surface area contributed by atoms with Crippen LogP contribution in [-0.2, 0) is 21.1 Å². The van der Waals surface area contributed by atoms with Gasteiger partial charge in [0.05, 0.1) is 17.4 Å². The third-order valence-corrected chi connectivity index (χ3v) is 3.09. The minimum atomic E-state index is 0. The standard InChI is InChI=1S/C10H6ClN3P.W/c11-9-4-7-6-2-1-3-12-10(6)14(15)8(7)5-13-9;/h2-5H,15H2;/q-1;. The first-order valence-corrected chi connectivity index (χ1v) is 5.23. The van der Waals surface area contributed by atoms with E-state index >= 15 is 0 Å². The molecule has 3 aromatic rings. The molecule has 0 saturated carbocycles. The van der Waals surface area contributed by atoms with Gasteiger partial charge in [0.15, 0.2) is 0 Å². The number of hydrogen-bond acceptors (Lipinski definition) is 2. The minimum absolute atomic E-state index is 0. The first-order valence-electron chi connectivity index (χ1n) is 4.34. The van der Waals surface area contributed by atoms with Crippen LogP contribution in [0.3, 0.4) is 0 Å². The number of hydrogen-bond donors (Lipinski definition) is 0. The maximum absolute atomic E-state index is 5.87. The first kappa shape index (κ1) is 12.0. The van der Waals surface area contributed by atoms with Gasteiger partial charge in [-0.2, -0.15) is 0 Å². The second-order valence-electron chi connectivity index (χ2n) is 3.20. The van der Waals surface area contributed by atoms with Crippen molar-refractivity contribution in [2.24, 2.45) is 0 Å². The quantitative estimate of drug-likeness (QED) is 0.319. The van der Waals surface area contributed by atoms with Crippen molar-refractivity contribution in [3.05, 3.63) is 35.7 Å². The Balaban J connectivity index is 0.000000963. The van der Waals surface area contributed by atoms with Crippen molar-refractivity contribution in [1.29, 1.82) is 0 Å². The van der Waals surface area contributed by atoms with Crippen LogP contribution in [0.1, 0.15) is 0 Å². The van der Waals surface area contributed by atoms with Crippen LogP contribution in [0.25, 0.3) is 21.9 Å². The number of fused-ring (bicyclic) bond motifs is 3. The van der Waals surface area contributed by atoms with Gasteiger partial charge in [0.2, 0.25) is 0 Å². The molecule has 0 N–H and O–H groups in total. The third kappa shape index (κ3) is 1.68. The molecule has 0 aromatic carbocycles. The van der Waals surface area contributed by atoms with Crippen molar-refractivity contribution >= 4 is 42.9 Å². The Bertz CT molecular complexity index is 668. The Morgan fingerprint density at radius 1 is 1.31 bits per heavy atom. The molecule has 6 heteroatoms. The largest absolute Gasteiger partial charge is 0.325 e. The number of aromatic nitrogens is 3. The van der Waals surface area contributed by atoms with Gasteiger partial charge in [-0.05, 0) is 15.5 Å². The predicted molar refractivity (Wildman–Crippen MR) is 64.0 cm³/mol. The molecular formula is C10H6ClN3PW-. The second-order valence-corrected chi connectivity index (χ2v) is 4.10. The monoisotopic (exact) mass is 418 g/mol. The molecule has 0 aliphatic heterocycles. The molecule has 0 aliphatic carbocycles. The summed E-state index contributed by atoms with van der Waals surface area (Å²) in [4.78, 5) is 8.32. The fourth-order valence-corrected chi connectivity index (χ4v) is 2.26. The van der Waals surface area contributed by atoms with E-state index in [0.717, 1.165) is 21.9 Å². The molecule has 80 valence electrons. The van der Waals surface area contributed by atoms with E-state index in [2.05, 4.69) is 25.4 Å². The molecule has 0 spiro atoms. The fraction of sp³-hybridized carbons (Fsp3) is 0. The molecule has 1 unspecified atom stereocenters. The molecule has 0 radical (unpaired) electrons. The van der Waals surface area contributed by atoms with Crippen molar-refractivity contribution < 1.29 is 21.1 Å². The van der Waals surface area contributed by atoms with E-state index in [4.69, 9.17) is 11.6 Å². The zero-order valence-corrected chi connectivity index (χ0v) is 12.9. The van der Waals surface area contributed by atoms with Crippen LogP contribution in [-0.4, -0.2) is 14.3 Å². The van der Waals surface area contributed by atoms with Crippen molar-refractivity contribution in [1.82, 2.24) is 14.3 Å². The average Bonchev–Trinajstić information content (AvgIpc) is 2.54. The number of nitrogens with zero attached hydrogens (tertiary/aromatic N) is 3.